The second-order valence-electron chi connectivity index (χ2n) is 11.3. The van der Waals surface area contributed by atoms with E-state index in [0.717, 1.165) is 13.1 Å². The first-order chi connectivity index (χ1) is 20.6. The normalized spacial score (nSPS) is 20.1. The molecule has 3 N–H and O–H groups in total. The maximum absolute atomic E-state index is 13.5. The second kappa shape index (κ2) is 15.1. The molecule has 4 amide bonds. The third-order valence-corrected chi connectivity index (χ3v) is 7.86. The highest BCUT2D eigenvalue weighted by Gasteiger charge is 2.32. The summed E-state index contributed by atoms with van der Waals surface area (Å²) < 4.78 is 25.1. The van der Waals surface area contributed by atoms with Crippen molar-refractivity contribution in [2.24, 2.45) is 5.92 Å². The molecule has 0 radical (unpaired) electrons. The number of amides is 4. The van der Waals surface area contributed by atoms with Crippen molar-refractivity contribution in [3.05, 3.63) is 53.8 Å². The first-order valence-corrected chi connectivity index (χ1v) is 14.7. The average molecular weight is 600 g/mol. The van der Waals surface area contributed by atoms with Crippen LogP contribution in [0.3, 0.4) is 0 Å². The Bertz CT molecular complexity index is 1260. The lowest BCUT2D eigenvalue weighted by Gasteiger charge is -2.34. The zero-order valence-electron chi connectivity index (χ0n) is 25.1. The zero-order chi connectivity index (χ0) is 30.9. The van der Waals surface area contributed by atoms with Crippen LogP contribution < -0.4 is 15.4 Å². The van der Waals surface area contributed by atoms with Gasteiger partial charge in [-0.05, 0) is 49.4 Å². The number of rotatable bonds is 9. The zero-order valence-corrected chi connectivity index (χ0v) is 25.1. The Morgan fingerprint density at radius 1 is 1.12 bits per heavy atom. The topological polar surface area (TPSA) is 124 Å². The predicted octanol–water partition coefficient (Wildman–Crippen LogP) is 2.80. The second-order valence-corrected chi connectivity index (χ2v) is 11.3. The molecule has 2 heterocycles. The van der Waals surface area contributed by atoms with Crippen molar-refractivity contribution in [2.45, 2.75) is 38.8 Å². The molecule has 43 heavy (non-hydrogen) atoms. The number of nitrogens with one attached hydrogen (secondary N) is 2. The lowest BCUT2D eigenvalue weighted by atomic mass is 10.0. The summed E-state index contributed by atoms with van der Waals surface area (Å²) in [5.41, 5.74) is 1.62. The Balaban J connectivity index is 1.50. The van der Waals surface area contributed by atoms with Gasteiger partial charge in [0, 0.05) is 62.5 Å². The van der Waals surface area contributed by atoms with E-state index in [1.807, 2.05) is 6.92 Å². The van der Waals surface area contributed by atoms with Crippen LogP contribution in [0.4, 0.5) is 20.6 Å². The van der Waals surface area contributed by atoms with Crippen molar-refractivity contribution < 1.29 is 33.4 Å². The molecule has 1 fully saturated rings. The Kier molecular flexibility index (Phi) is 11.3. The lowest BCUT2D eigenvalue weighted by Crippen LogP contribution is -2.48. The number of benzene rings is 2. The summed E-state index contributed by atoms with van der Waals surface area (Å²) in [6, 6.07) is 9.92. The quantitative estimate of drug-likeness (QED) is 0.405. The van der Waals surface area contributed by atoms with Crippen LogP contribution in [0.15, 0.2) is 42.5 Å². The van der Waals surface area contributed by atoms with Gasteiger partial charge in [0.2, 0.25) is 11.8 Å². The van der Waals surface area contributed by atoms with E-state index in [1.165, 1.54) is 29.2 Å². The van der Waals surface area contributed by atoms with E-state index in [9.17, 15) is 23.9 Å². The van der Waals surface area contributed by atoms with Crippen LogP contribution in [0.25, 0.3) is 0 Å². The maximum Gasteiger partial charge on any atom is 0.321 e. The van der Waals surface area contributed by atoms with Crippen LogP contribution in [0.2, 0.25) is 0 Å². The highest BCUT2D eigenvalue weighted by molar-refractivity contribution is 5.91. The molecule has 12 heteroatoms. The number of halogens is 1. The molecule has 1 saturated heterocycles. The Morgan fingerprint density at radius 3 is 2.51 bits per heavy atom. The number of ether oxygens (including phenoxy) is 2. The molecule has 3 atom stereocenters. The van der Waals surface area contributed by atoms with Crippen molar-refractivity contribution >= 4 is 29.2 Å². The fourth-order valence-electron chi connectivity index (χ4n) is 5.14. The molecule has 0 aromatic heterocycles. The van der Waals surface area contributed by atoms with Gasteiger partial charge in [0.1, 0.15) is 17.7 Å². The molecule has 11 nitrogen and oxygen atoms in total. The van der Waals surface area contributed by atoms with Gasteiger partial charge in [-0.25, -0.2) is 9.18 Å². The molecular formula is C31H42FN5O6. The van der Waals surface area contributed by atoms with Gasteiger partial charge in [-0.3, -0.25) is 14.5 Å². The average Bonchev–Trinajstić information content (AvgIpc) is 3.04. The number of hydrogen-bond acceptors (Lipinski definition) is 7. The molecule has 0 unspecified atom stereocenters. The Morgan fingerprint density at radius 2 is 1.81 bits per heavy atom. The van der Waals surface area contributed by atoms with E-state index in [0.29, 0.717) is 55.4 Å². The molecule has 0 bridgehead atoms. The first kappa shape index (κ1) is 32.2. The predicted molar refractivity (Wildman–Crippen MR) is 161 cm³/mol. The van der Waals surface area contributed by atoms with Crippen LogP contribution in [-0.4, -0.2) is 109 Å². The summed E-state index contributed by atoms with van der Waals surface area (Å²) in [4.78, 5) is 44.4. The van der Waals surface area contributed by atoms with Gasteiger partial charge in [-0.1, -0.05) is 6.92 Å². The SMILES string of the molecule is C[C@H]1CN([C@@H](C)CO)C(=O)Cc2cc(NC(=O)CCN3CCOCC3)ccc2O[C@@H]1CN(C)C(=O)Nc1ccc(F)cc1. The number of urea groups is 1. The first-order valence-electron chi connectivity index (χ1n) is 14.7. The minimum absolute atomic E-state index is 0.0253. The van der Waals surface area contributed by atoms with E-state index in [2.05, 4.69) is 15.5 Å². The smallest absolute Gasteiger partial charge is 0.321 e. The van der Waals surface area contributed by atoms with Crippen LogP contribution in [0.5, 0.6) is 5.75 Å². The van der Waals surface area contributed by atoms with Crippen LogP contribution in [0.1, 0.15) is 25.8 Å². The number of carbonyl (C=O) groups excluding carboxylic acids is 3. The van der Waals surface area contributed by atoms with Gasteiger partial charge in [0.25, 0.3) is 0 Å². The summed E-state index contributed by atoms with van der Waals surface area (Å²) in [5.74, 6) is -0.411. The minimum Gasteiger partial charge on any atom is -0.488 e. The number of carbonyl (C=O) groups is 3. The third-order valence-electron chi connectivity index (χ3n) is 7.86. The van der Waals surface area contributed by atoms with Crippen molar-refractivity contribution in [1.29, 1.82) is 0 Å². The molecule has 234 valence electrons. The monoisotopic (exact) mass is 599 g/mol. The van der Waals surface area contributed by atoms with Crippen molar-refractivity contribution in [3.63, 3.8) is 0 Å². The Hall–Kier alpha value is -3.74. The van der Waals surface area contributed by atoms with E-state index in [-0.39, 0.29) is 37.3 Å². The Labute approximate surface area is 251 Å². The fraction of sp³-hybridized carbons (Fsp3) is 0.516. The molecule has 0 aliphatic carbocycles. The van der Waals surface area contributed by atoms with Crippen molar-refractivity contribution in [3.8, 4) is 5.75 Å². The van der Waals surface area contributed by atoms with Crippen LogP contribution in [0, 0.1) is 11.7 Å². The number of hydrogen-bond donors (Lipinski definition) is 3. The summed E-state index contributed by atoms with van der Waals surface area (Å²) in [5, 5.41) is 15.6. The maximum atomic E-state index is 13.5. The van der Waals surface area contributed by atoms with E-state index in [4.69, 9.17) is 9.47 Å². The fourth-order valence-corrected chi connectivity index (χ4v) is 5.14. The molecule has 2 aliphatic heterocycles. The molecule has 0 saturated carbocycles. The summed E-state index contributed by atoms with van der Waals surface area (Å²) in [6.45, 7) is 7.62. The standard InChI is InChI=1S/C31H42FN5O6/c1-21-18-37(22(2)20-38)30(40)17-23-16-26(33-29(39)10-11-36-12-14-42-15-13-36)8-9-27(23)43-28(21)19-35(3)31(41)34-25-6-4-24(32)5-7-25/h4-9,16,21-22,28,38H,10-15,17-20H2,1-3H3,(H,33,39)(H,34,41)/t21-,22-,28+/m0/s1. The van der Waals surface area contributed by atoms with Crippen molar-refractivity contribution in [2.75, 3.05) is 70.2 Å². The van der Waals surface area contributed by atoms with Gasteiger partial charge >= 0.3 is 6.03 Å². The number of anilines is 2. The van der Waals surface area contributed by atoms with E-state index in [1.54, 1.807) is 37.1 Å². The minimum atomic E-state index is -0.504. The largest absolute Gasteiger partial charge is 0.488 e. The molecule has 2 aliphatic rings. The number of morpholine rings is 1. The van der Waals surface area contributed by atoms with Gasteiger partial charge < -0.3 is 35.0 Å². The lowest BCUT2D eigenvalue weighted by molar-refractivity contribution is -0.134. The van der Waals surface area contributed by atoms with Crippen LogP contribution in [-0.2, 0) is 20.7 Å². The van der Waals surface area contributed by atoms with E-state index < -0.39 is 24.0 Å². The van der Waals surface area contributed by atoms with Gasteiger partial charge in [-0.2, -0.15) is 0 Å². The molecule has 2 aromatic rings. The number of fused-ring (bicyclic) bond motifs is 1. The summed E-state index contributed by atoms with van der Waals surface area (Å²) >= 11 is 0. The number of likely N-dealkylation sites (N-methyl/N-ethyl adjacent to an activating group) is 1. The highest BCUT2D eigenvalue weighted by Crippen LogP contribution is 2.29. The summed E-state index contributed by atoms with van der Waals surface area (Å²) in [6.07, 6.45) is -0.145. The third kappa shape index (κ3) is 9.12. The van der Waals surface area contributed by atoms with Gasteiger partial charge in [0.05, 0.1) is 38.8 Å². The molecular weight excluding hydrogens is 557 g/mol. The molecule has 2 aromatic carbocycles. The van der Waals surface area contributed by atoms with Gasteiger partial charge in [0.15, 0.2) is 0 Å². The summed E-state index contributed by atoms with van der Waals surface area (Å²) in [7, 11) is 1.64. The highest BCUT2D eigenvalue weighted by atomic mass is 19.1. The van der Waals surface area contributed by atoms with Crippen molar-refractivity contribution in [1.82, 2.24) is 14.7 Å². The van der Waals surface area contributed by atoms with E-state index >= 15 is 0 Å². The number of aliphatic hydroxyl groups is 1. The number of aliphatic hydroxyl groups excluding tert-OH is 1. The number of nitrogens with zero attached hydrogens (tertiary/aromatic N) is 3. The van der Waals surface area contributed by atoms with Crippen LogP contribution >= 0.6 is 0 Å². The molecule has 0 spiro atoms. The van der Waals surface area contributed by atoms with Gasteiger partial charge in [-0.15, -0.1) is 0 Å². The molecule has 4 rings (SSSR count).